The molecule has 0 radical (unpaired) electrons. The molecule has 0 aliphatic rings. The van der Waals surface area contributed by atoms with Gasteiger partial charge in [0.2, 0.25) is 11.8 Å². The lowest BCUT2D eigenvalue weighted by Crippen LogP contribution is -1.98. The van der Waals surface area contributed by atoms with Crippen LogP contribution in [0.15, 0.2) is 29.6 Å². The number of fused-ring (bicyclic) bond motifs is 1. The Bertz CT molecular complexity index is 775. The molecule has 0 amide bonds. The minimum Gasteiger partial charge on any atom is -0.437 e. The van der Waals surface area contributed by atoms with Crippen LogP contribution < -0.4 is 10.1 Å². The van der Waals surface area contributed by atoms with Crippen molar-refractivity contribution in [3.8, 4) is 11.6 Å². The van der Waals surface area contributed by atoms with Gasteiger partial charge in [0.15, 0.2) is 0 Å². The number of nitrogens with zero attached hydrogens (tertiary/aromatic N) is 2. The van der Waals surface area contributed by atoms with Gasteiger partial charge in [-0.05, 0) is 29.6 Å². The molecule has 0 bridgehead atoms. The summed E-state index contributed by atoms with van der Waals surface area (Å²) in [5.74, 6) is 1.47. The largest absolute Gasteiger partial charge is 0.437 e. The fourth-order valence-corrected chi connectivity index (χ4v) is 2.88. The molecular weight excluding hydrogens is 317 g/mol. The van der Waals surface area contributed by atoms with Crippen LogP contribution in [0, 0.1) is 0 Å². The Balaban J connectivity index is 2.07. The number of ether oxygens (including phenoxy) is 1. The van der Waals surface area contributed by atoms with Gasteiger partial charge >= 0.3 is 0 Å². The highest BCUT2D eigenvalue weighted by molar-refractivity contribution is 7.16. The van der Waals surface area contributed by atoms with Gasteiger partial charge in [-0.25, -0.2) is 4.98 Å². The predicted molar refractivity (Wildman–Crippen MR) is 83.5 cm³/mol. The molecule has 20 heavy (non-hydrogen) atoms. The van der Waals surface area contributed by atoms with Crippen LogP contribution in [-0.4, -0.2) is 17.0 Å². The third-order valence-electron chi connectivity index (χ3n) is 2.61. The Labute approximate surface area is 129 Å². The van der Waals surface area contributed by atoms with Gasteiger partial charge in [0.25, 0.3) is 0 Å². The lowest BCUT2D eigenvalue weighted by atomic mass is 10.3. The van der Waals surface area contributed by atoms with E-state index in [-0.39, 0.29) is 0 Å². The maximum Gasteiger partial charge on any atom is 0.232 e. The number of aromatic nitrogens is 2. The standard InChI is InChI=1S/C13H9Cl2N3OS/c1-16-13-17-11(8-4-5-20-12(8)18-13)19-10-3-2-7(14)6-9(10)15/h2-6H,1H3,(H,16,17,18). The molecule has 102 valence electrons. The first-order chi connectivity index (χ1) is 9.67. The van der Waals surface area contributed by atoms with Gasteiger partial charge in [0.05, 0.1) is 10.4 Å². The number of anilines is 1. The molecular formula is C13H9Cl2N3OS. The summed E-state index contributed by atoms with van der Waals surface area (Å²) < 4.78 is 5.80. The Morgan fingerprint density at radius 1 is 1.20 bits per heavy atom. The van der Waals surface area contributed by atoms with Crippen molar-refractivity contribution >= 4 is 50.7 Å². The van der Waals surface area contributed by atoms with Gasteiger partial charge in [0.1, 0.15) is 10.6 Å². The van der Waals surface area contributed by atoms with E-state index in [1.165, 1.54) is 11.3 Å². The van der Waals surface area contributed by atoms with Crippen molar-refractivity contribution in [2.45, 2.75) is 0 Å². The van der Waals surface area contributed by atoms with Crippen molar-refractivity contribution in [1.29, 1.82) is 0 Å². The summed E-state index contributed by atoms with van der Waals surface area (Å²) in [5.41, 5.74) is 0. The first-order valence-corrected chi connectivity index (χ1v) is 7.37. The number of halogens is 2. The number of hydrogen-bond donors (Lipinski definition) is 1. The van der Waals surface area contributed by atoms with Gasteiger partial charge in [-0.15, -0.1) is 11.3 Å². The molecule has 3 rings (SSSR count). The molecule has 1 aromatic carbocycles. The molecule has 3 aromatic rings. The molecule has 0 atom stereocenters. The minimum absolute atomic E-state index is 0.436. The Hall–Kier alpha value is -1.56. The lowest BCUT2D eigenvalue weighted by molar-refractivity contribution is 0.469. The van der Waals surface area contributed by atoms with E-state index in [2.05, 4.69) is 15.3 Å². The molecule has 0 spiro atoms. The number of thiophene rings is 1. The summed E-state index contributed by atoms with van der Waals surface area (Å²) in [6.45, 7) is 0. The quantitative estimate of drug-likeness (QED) is 0.749. The van der Waals surface area contributed by atoms with Crippen LogP contribution in [0.4, 0.5) is 5.95 Å². The molecule has 2 heterocycles. The molecule has 0 saturated carbocycles. The fourth-order valence-electron chi connectivity index (χ4n) is 1.68. The molecule has 2 aromatic heterocycles. The van der Waals surface area contributed by atoms with E-state index in [9.17, 15) is 0 Å². The zero-order valence-electron chi connectivity index (χ0n) is 10.4. The molecule has 0 aliphatic heterocycles. The average Bonchev–Trinajstić information content (AvgIpc) is 2.90. The molecule has 0 saturated heterocycles. The third-order valence-corrected chi connectivity index (χ3v) is 3.95. The Morgan fingerprint density at radius 3 is 2.80 bits per heavy atom. The van der Waals surface area contributed by atoms with Crippen LogP contribution in [0.2, 0.25) is 10.0 Å². The number of hydrogen-bond acceptors (Lipinski definition) is 5. The number of rotatable bonds is 3. The van der Waals surface area contributed by atoms with Crippen LogP contribution in [0.1, 0.15) is 0 Å². The first kappa shape index (κ1) is 13.4. The van der Waals surface area contributed by atoms with Crippen LogP contribution >= 0.6 is 34.5 Å². The van der Waals surface area contributed by atoms with Crippen LogP contribution in [0.3, 0.4) is 0 Å². The molecule has 0 fully saturated rings. The molecule has 0 aliphatic carbocycles. The van der Waals surface area contributed by atoms with E-state index in [4.69, 9.17) is 27.9 Å². The Morgan fingerprint density at radius 2 is 2.05 bits per heavy atom. The zero-order chi connectivity index (χ0) is 14.1. The first-order valence-electron chi connectivity index (χ1n) is 5.73. The average molecular weight is 326 g/mol. The molecule has 1 N–H and O–H groups in total. The topological polar surface area (TPSA) is 47.0 Å². The van der Waals surface area contributed by atoms with E-state index >= 15 is 0 Å². The van der Waals surface area contributed by atoms with E-state index in [1.54, 1.807) is 25.2 Å². The maximum absolute atomic E-state index is 6.11. The monoisotopic (exact) mass is 325 g/mol. The van der Waals surface area contributed by atoms with E-state index in [0.29, 0.717) is 27.6 Å². The van der Waals surface area contributed by atoms with E-state index in [1.807, 2.05) is 11.4 Å². The van der Waals surface area contributed by atoms with Crippen molar-refractivity contribution in [3.63, 3.8) is 0 Å². The lowest BCUT2D eigenvalue weighted by Gasteiger charge is -2.09. The summed E-state index contributed by atoms with van der Waals surface area (Å²) in [4.78, 5) is 9.53. The molecule has 7 heteroatoms. The van der Waals surface area contributed by atoms with Crippen molar-refractivity contribution < 1.29 is 4.74 Å². The van der Waals surface area contributed by atoms with Gasteiger partial charge < -0.3 is 10.1 Å². The van der Waals surface area contributed by atoms with Crippen molar-refractivity contribution in [3.05, 3.63) is 39.7 Å². The van der Waals surface area contributed by atoms with Crippen LogP contribution in [0.25, 0.3) is 10.2 Å². The highest BCUT2D eigenvalue weighted by Gasteiger charge is 2.12. The maximum atomic E-state index is 6.11. The van der Waals surface area contributed by atoms with Crippen molar-refractivity contribution in [2.75, 3.05) is 12.4 Å². The summed E-state index contributed by atoms with van der Waals surface area (Å²) in [7, 11) is 1.76. The van der Waals surface area contributed by atoms with E-state index < -0.39 is 0 Å². The third kappa shape index (κ3) is 2.52. The number of benzene rings is 1. The Kier molecular flexibility index (Phi) is 3.65. The highest BCUT2D eigenvalue weighted by atomic mass is 35.5. The molecule has 4 nitrogen and oxygen atoms in total. The second-order valence-corrected chi connectivity index (χ2v) is 5.66. The van der Waals surface area contributed by atoms with E-state index in [0.717, 1.165) is 10.2 Å². The highest BCUT2D eigenvalue weighted by Crippen LogP contribution is 2.35. The minimum atomic E-state index is 0.436. The normalized spacial score (nSPS) is 10.8. The van der Waals surface area contributed by atoms with Gasteiger partial charge in [-0.3, -0.25) is 0 Å². The van der Waals surface area contributed by atoms with Gasteiger partial charge in [0, 0.05) is 12.1 Å². The second kappa shape index (κ2) is 5.44. The predicted octanol–water partition coefficient (Wildman–Crippen LogP) is 4.83. The summed E-state index contributed by atoms with van der Waals surface area (Å²) in [6, 6.07) is 6.97. The van der Waals surface area contributed by atoms with Crippen molar-refractivity contribution in [2.24, 2.45) is 0 Å². The number of nitrogens with one attached hydrogen (secondary N) is 1. The van der Waals surface area contributed by atoms with Gasteiger partial charge in [-0.1, -0.05) is 23.2 Å². The summed E-state index contributed by atoms with van der Waals surface area (Å²) >= 11 is 13.5. The van der Waals surface area contributed by atoms with Gasteiger partial charge in [-0.2, -0.15) is 4.98 Å². The second-order valence-electron chi connectivity index (χ2n) is 3.92. The summed E-state index contributed by atoms with van der Waals surface area (Å²) in [5, 5.41) is 6.69. The summed E-state index contributed by atoms with van der Waals surface area (Å²) in [6.07, 6.45) is 0. The molecule has 0 unspecified atom stereocenters. The van der Waals surface area contributed by atoms with Crippen LogP contribution in [0.5, 0.6) is 11.6 Å². The smallest absolute Gasteiger partial charge is 0.232 e. The SMILES string of the molecule is CNc1nc(Oc2ccc(Cl)cc2Cl)c2ccsc2n1. The van der Waals surface area contributed by atoms with Crippen molar-refractivity contribution in [1.82, 2.24) is 9.97 Å². The zero-order valence-corrected chi connectivity index (χ0v) is 12.7. The van der Waals surface area contributed by atoms with Crippen LogP contribution in [-0.2, 0) is 0 Å². The fraction of sp³-hybridized carbons (Fsp3) is 0.0769.